The van der Waals surface area contributed by atoms with Crippen LogP contribution in [0.2, 0.25) is 0 Å². The lowest BCUT2D eigenvalue weighted by Crippen LogP contribution is -2.00. The van der Waals surface area contributed by atoms with Crippen LogP contribution in [-0.4, -0.2) is 30.0 Å². The Labute approximate surface area is 173 Å². The van der Waals surface area contributed by atoms with E-state index in [1.807, 2.05) is 47.0 Å². The molecule has 0 aliphatic rings. The van der Waals surface area contributed by atoms with Crippen molar-refractivity contribution in [3.8, 4) is 40.0 Å². The molecule has 0 saturated carbocycles. The number of benzene rings is 2. The monoisotopic (exact) mass is 398 g/mol. The van der Waals surface area contributed by atoms with Crippen LogP contribution in [0.25, 0.3) is 28.0 Å². The molecule has 0 aliphatic heterocycles. The molecule has 0 atom stereocenters. The molecule has 0 aliphatic carbocycles. The van der Waals surface area contributed by atoms with Gasteiger partial charge in [0.05, 0.1) is 37.4 Å². The molecule has 7 nitrogen and oxygen atoms in total. The van der Waals surface area contributed by atoms with Crippen molar-refractivity contribution in [2.75, 3.05) is 19.5 Å². The highest BCUT2D eigenvalue weighted by atomic mass is 16.5. The van der Waals surface area contributed by atoms with E-state index in [1.165, 1.54) is 7.11 Å². The van der Waals surface area contributed by atoms with Crippen molar-refractivity contribution in [3.05, 3.63) is 66.5 Å². The molecule has 0 spiro atoms. The fraction of sp³-hybridized carbons (Fsp3) is 0.0870. The highest BCUT2D eigenvalue weighted by Gasteiger charge is 2.15. The molecule has 0 bridgehead atoms. The zero-order valence-electron chi connectivity index (χ0n) is 16.4. The van der Waals surface area contributed by atoms with Crippen molar-refractivity contribution < 1.29 is 14.3 Å². The summed E-state index contributed by atoms with van der Waals surface area (Å²) in [5.41, 5.74) is 4.88. The first-order valence-corrected chi connectivity index (χ1v) is 9.13. The number of fused-ring (bicyclic) bond motifs is 1. The summed E-state index contributed by atoms with van der Waals surface area (Å²) < 4.78 is 12.6. The van der Waals surface area contributed by atoms with E-state index in [2.05, 4.69) is 16.4 Å². The van der Waals surface area contributed by atoms with Gasteiger partial charge in [0.2, 0.25) is 6.41 Å². The van der Waals surface area contributed by atoms with Gasteiger partial charge in [-0.1, -0.05) is 18.2 Å². The third-order valence-electron chi connectivity index (χ3n) is 4.85. The molecule has 1 N–H and O–H groups in total. The zero-order valence-corrected chi connectivity index (χ0v) is 16.4. The van der Waals surface area contributed by atoms with Crippen molar-refractivity contribution in [3.63, 3.8) is 0 Å². The molecule has 148 valence electrons. The summed E-state index contributed by atoms with van der Waals surface area (Å²) >= 11 is 0. The number of ether oxygens (including phenoxy) is 2. The van der Waals surface area contributed by atoms with Crippen molar-refractivity contribution in [2.45, 2.75) is 0 Å². The Hall–Kier alpha value is -4.31. The van der Waals surface area contributed by atoms with Gasteiger partial charge in [-0.3, -0.25) is 9.20 Å². The number of rotatable bonds is 6. The van der Waals surface area contributed by atoms with Crippen molar-refractivity contribution in [2.24, 2.45) is 0 Å². The number of pyridine rings is 1. The van der Waals surface area contributed by atoms with Gasteiger partial charge in [-0.15, -0.1) is 0 Å². The third kappa shape index (κ3) is 3.20. The summed E-state index contributed by atoms with van der Waals surface area (Å²) in [5.74, 6) is 1.22. The molecule has 0 fully saturated rings. The maximum Gasteiger partial charge on any atom is 0.211 e. The van der Waals surface area contributed by atoms with Gasteiger partial charge in [-0.05, 0) is 30.3 Å². The van der Waals surface area contributed by atoms with Gasteiger partial charge >= 0.3 is 0 Å². The minimum Gasteiger partial charge on any atom is -0.496 e. The van der Waals surface area contributed by atoms with Crippen LogP contribution < -0.4 is 14.8 Å². The summed E-state index contributed by atoms with van der Waals surface area (Å²) in [6.45, 7) is 0. The maximum atomic E-state index is 11.2. The molecule has 30 heavy (non-hydrogen) atoms. The second-order valence-electron chi connectivity index (χ2n) is 6.47. The lowest BCUT2D eigenvalue weighted by molar-refractivity contribution is -0.105. The van der Waals surface area contributed by atoms with Crippen LogP contribution in [0.5, 0.6) is 11.5 Å². The summed E-state index contributed by atoms with van der Waals surface area (Å²) in [6, 6.07) is 17.0. The van der Waals surface area contributed by atoms with E-state index in [0.717, 1.165) is 22.4 Å². The molecule has 4 rings (SSSR count). The number of carbonyl (C=O) groups is 1. The number of carbonyl (C=O) groups excluding carboxylic acids is 1. The lowest BCUT2D eigenvalue weighted by atomic mass is 10.1. The van der Waals surface area contributed by atoms with Gasteiger partial charge in [0.15, 0.2) is 5.65 Å². The first-order valence-electron chi connectivity index (χ1n) is 9.13. The van der Waals surface area contributed by atoms with E-state index in [4.69, 9.17) is 9.47 Å². The first-order chi connectivity index (χ1) is 14.7. The molecule has 0 saturated heterocycles. The molecule has 2 heterocycles. The number of aromatic nitrogens is 2. The molecule has 0 unspecified atom stereocenters. The minimum absolute atomic E-state index is 0.428. The van der Waals surface area contributed by atoms with Gasteiger partial charge in [0, 0.05) is 22.9 Å². The van der Waals surface area contributed by atoms with Crippen molar-refractivity contribution in [1.29, 1.82) is 5.26 Å². The van der Waals surface area contributed by atoms with E-state index in [0.29, 0.717) is 34.8 Å². The Morgan fingerprint density at radius 3 is 2.60 bits per heavy atom. The van der Waals surface area contributed by atoms with Crippen LogP contribution in [0, 0.1) is 11.3 Å². The smallest absolute Gasteiger partial charge is 0.211 e. The van der Waals surface area contributed by atoms with Gasteiger partial charge in [0.1, 0.15) is 17.6 Å². The number of nitrogens with zero attached hydrogens (tertiary/aromatic N) is 3. The Bertz CT molecular complexity index is 1290. The molecule has 0 radical (unpaired) electrons. The number of nitrogens with one attached hydrogen (secondary N) is 1. The van der Waals surface area contributed by atoms with Crippen molar-refractivity contribution in [1.82, 2.24) is 9.38 Å². The van der Waals surface area contributed by atoms with Crippen LogP contribution in [-0.2, 0) is 4.79 Å². The van der Waals surface area contributed by atoms with Crippen LogP contribution in [0.3, 0.4) is 0 Å². The van der Waals surface area contributed by atoms with Crippen LogP contribution in [0.1, 0.15) is 5.56 Å². The number of para-hydroxylation sites is 1. The topological polar surface area (TPSA) is 88.7 Å². The lowest BCUT2D eigenvalue weighted by Gasteiger charge is -2.12. The largest absolute Gasteiger partial charge is 0.496 e. The number of amides is 1. The van der Waals surface area contributed by atoms with Crippen LogP contribution in [0.15, 0.2) is 60.9 Å². The number of methoxy groups -OCH3 is 2. The van der Waals surface area contributed by atoms with Crippen LogP contribution in [0.4, 0.5) is 5.69 Å². The standard InChI is InChI=1S/C23H18N4O3/c1-29-21-8-7-15(9-16(21)11-24)20-12-25-23-19(26-14-28)10-17(13-27(20)23)18-5-3-4-6-22(18)30-2/h3-10,12-14H,1-2H3,(H,26,28). The molecule has 4 aromatic rings. The Morgan fingerprint density at radius 1 is 1.07 bits per heavy atom. The van der Waals surface area contributed by atoms with Gasteiger partial charge < -0.3 is 14.8 Å². The zero-order chi connectivity index (χ0) is 21.1. The predicted molar refractivity (Wildman–Crippen MR) is 114 cm³/mol. The van der Waals surface area contributed by atoms with E-state index >= 15 is 0 Å². The SMILES string of the molecule is COc1ccc(-c2cnc3c(NC=O)cc(-c4ccccc4OC)cn23)cc1C#N. The number of hydrogen-bond donors (Lipinski definition) is 1. The Balaban J connectivity index is 1.96. The summed E-state index contributed by atoms with van der Waals surface area (Å²) in [7, 11) is 3.15. The maximum absolute atomic E-state index is 11.2. The molecule has 2 aromatic carbocycles. The van der Waals surface area contributed by atoms with E-state index in [1.54, 1.807) is 25.4 Å². The first kappa shape index (κ1) is 19.0. The average molecular weight is 398 g/mol. The number of hydrogen-bond acceptors (Lipinski definition) is 5. The highest BCUT2D eigenvalue weighted by molar-refractivity contribution is 5.87. The minimum atomic E-state index is 0.428. The second kappa shape index (κ2) is 7.97. The molecule has 2 aromatic heterocycles. The van der Waals surface area contributed by atoms with Gasteiger partial charge in [-0.25, -0.2) is 4.98 Å². The number of imidazole rings is 1. The third-order valence-corrected chi connectivity index (χ3v) is 4.85. The number of anilines is 1. The van der Waals surface area contributed by atoms with Gasteiger partial charge in [-0.2, -0.15) is 5.26 Å². The van der Waals surface area contributed by atoms with Crippen molar-refractivity contribution >= 4 is 17.7 Å². The fourth-order valence-electron chi connectivity index (χ4n) is 3.46. The second-order valence-corrected chi connectivity index (χ2v) is 6.47. The van der Waals surface area contributed by atoms with E-state index in [-0.39, 0.29) is 0 Å². The van der Waals surface area contributed by atoms with Crippen LogP contribution >= 0.6 is 0 Å². The molecular weight excluding hydrogens is 380 g/mol. The summed E-state index contributed by atoms with van der Waals surface area (Å²) in [5, 5.41) is 12.2. The molecular formula is C23H18N4O3. The quantitative estimate of drug-likeness (QED) is 0.494. The fourth-order valence-corrected chi connectivity index (χ4v) is 3.46. The molecule has 7 heteroatoms. The predicted octanol–water partition coefficient (Wildman–Crippen LogP) is 4.13. The summed E-state index contributed by atoms with van der Waals surface area (Å²) in [4.78, 5) is 15.7. The van der Waals surface area contributed by atoms with Gasteiger partial charge in [0.25, 0.3) is 0 Å². The van der Waals surface area contributed by atoms with E-state index in [9.17, 15) is 10.1 Å². The average Bonchev–Trinajstić information content (AvgIpc) is 3.23. The Morgan fingerprint density at radius 2 is 1.87 bits per heavy atom. The number of nitriles is 1. The summed E-state index contributed by atoms with van der Waals surface area (Å²) in [6.07, 6.45) is 4.26. The van der Waals surface area contributed by atoms with E-state index < -0.39 is 0 Å². The molecule has 1 amide bonds. The highest BCUT2D eigenvalue weighted by Crippen LogP contribution is 2.35. The Kier molecular flexibility index (Phi) is 5.06. The normalized spacial score (nSPS) is 10.4.